The van der Waals surface area contributed by atoms with E-state index in [4.69, 9.17) is 0 Å². The van der Waals surface area contributed by atoms with Gasteiger partial charge in [0.25, 0.3) is 0 Å². The van der Waals surface area contributed by atoms with E-state index in [1.165, 1.54) is 31.1 Å². The fourth-order valence-electron chi connectivity index (χ4n) is 3.22. The Balaban J connectivity index is 1.61. The van der Waals surface area contributed by atoms with Crippen molar-refractivity contribution in [1.29, 1.82) is 0 Å². The Kier molecular flexibility index (Phi) is 5.08. The van der Waals surface area contributed by atoms with Crippen LogP contribution in [0.1, 0.15) is 72.7 Å². The summed E-state index contributed by atoms with van der Waals surface area (Å²) in [4.78, 5) is 24.3. The lowest BCUT2D eigenvalue weighted by Gasteiger charge is -2.18. The van der Waals surface area contributed by atoms with E-state index in [0.29, 0.717) is 10.9 Å². The highest BCUT2D eigenvalue weighted by Crippen LogP contribution is 2.31. The highest BCUT2D eigenvalue weighted by atomic mass is 32.1. The number of amides is 1. The monoisotopic (exact) mass is 346 g/mol. The maximum atomic E-state index is 12.3. The normalized spacial score (nSPS) is 16.2. The van der Waals surface area contributed by atoms with Crippen molar-refractivity contribution in [2.24, 2.45) is 0 Å². The van der Waals surface area contributed by atoms with Crippen molar-refractivity contribution in [2.75, 3.05) is 0 Å². The van der Waals surface area contributed by atoms with Crippen LogP contribution in [0, 0.1) is 0 Å². The number of carbonyl (C=O) groups excluding carboxylic acids is 2. The third-order valence-corrected chi connectivity index (χ3v) is 5.53. The Hall–Kier alpha value is -2.02. The van der Waals surface area contributed by atoms with E-state index in [1.807, 2.05) is 12.3 Å². The van der Waals surface area contributed by atoms with Gasteiger partial charge in [0.15, 0.2) is 11.6 Å². The lowest BCUT2D eigenvalue weighted by molar-refractivity contribution is -0.121. The summed E-state index contributed by atoms with van der Waals surface area (Å²) in [5.74, 6) is 0.769. The molecule has 128 valence electrons. The molecule has 1 saturated carbocycles. The predicted octanol–water partition coefficient (Wildman–Crippen LogP) is 3.08. The molecule has 1 N–H and O–H groups in total. The first-order valence-corrected chi connectivity index (χ1v) is 9.19. The Morgan fingerprint density at radius 1 is 1.42 bits per heavy atom. The molecule has 0 radical (unpaired) electrons. The van der Waals surface area contributed by atoms with Gasteiger partial charge in [-0.3, -0.25) is 9.59 Å². The molecule has 2 aromatic rings. The van der Waals surface area contributed by atoms with Crippen LogP contribution in [0.2, 0.25) is 0 Å². The summed E-state index contributed by atoms with van der Waals surface area (Å²) in [6, 6.07) is 2.05. The van der Waals surface area contributed by atoms with E-state index >= 15 is 0 Å². The topological polar surface area (TPSA) is 76.9 Å². The molecule has 2 aromatic heterocycles. The number of aromatic nitrogens is 3. The molecule has 0 saturated heterocycles. The number of nitrogens with one attached hydrogen (secondary N) is 1. The zero-order chi connectivity index (χ0) is 17.1. The van der Waals surface area contributed by atoms with Crippen LogP contribution in [0.3, 0.4) is 0 Å². The molecule has 1 atom stereocenters. The first kappa shape index (κ1) is 16.8. The van der Waals surface area contributed by atoms with Crippen LogP contribution in [0.15, 0.2) is 17.8 Å². The van der Waals surface area contributed by atoms with Crippen molar-refractivity contribution in [2.45, 2.75) is 58.0 Å². The molecule has 0 aliphatic heterocycles. The van der Waals surface area contributed by atoms with Crippen LogP contribution in [0.5, 0.6) is 0 Å². The number of hydrogen-bond acceptors (Lipinski definition) is 5. The summed E-state index contributed by atoms with van der Waals surface area (Å²) < 4.78 is 2.11. The Bertz CT molecular complexity index is 731. The number of carbonyl (C=O) groups is 2. The highest BCUT2D eigenvalue weighted by molar-refractivity contribution is 7.12. The molecule has 2 heterocycles. The van der Waals surface area contributed by atoms with Crippen LogP contribution in [-0.4, -0.2) is 26.5 Å². The van der Waals surface area contributed by atoms with E-state index in [1.54, 1.807) is 12.4 Å². The molecule has 1 amide bonds. The van der Waals surface area contributed by atoms with Crippen LogP contribution >= 0.6 is 11.3 Å². The summed E-state index contributed by atoms with van der Waals surface area (Å²) in [5, 5.41) is 13.1. The third kappa shape index (κ3) is 3.72. The number of rotatable bonds is 6. The molecule has 0 bridgehead atoms. The summed E-state index contributed by atoms with van der Waals surface area (Å²) in [6.07, 6.45) is 6.81. The van der Waals surface area contributed by atoms with E-state index in [-0.39, 0.29) is 24.2 Å². The smallest absolute Gasteiger partial charge is 0.225 e. The van der Waals surface area contributed by atoms with Crippen molar-refractivity contribution < 1.29 is 9.59 Å². The number of Topliss-reactive ketones (excluding diaryl/α,β-unsaturated/α-hetero) is 1. The van der Waals surface area contributed by atoms with E-state index < -0.39 is 0 Å². The van der Waals surface area contributed by atoms with E-state index in [9.17, 15) is 9.59 Å². The first-order valence-electron chi connectivity index (χ1n) is 8.31. The molecule has 0 aromatic carbocycles. The minimum Gasteiger partial charge on any atom is -0.346 e. The first-order chi connectivity index (χ1) is 11.5. The molecule has 1 fully saturated rings. The summed E-state index contributed by atoms with van der Waals surface area (Å²) >= 11 is 1.38. The van der Waals surface area contributed by atoms with Gasteiger partial charge < -0.3 is 9.88 Å². The maximum Gasteiger partial charge on any atom is 0.225 e. The van der Waals surface area contributed by atoms with Crippen LogP contribution in [0.4, 0.5) is 0 Å². The zero-order valence-electron chi connectivity index (χ0n) is 14.0. The van der Waals surface area contributed by atoms with Gasteiger partial charge in [-0.15, -0.1) is 21.5 Å². The van der Waals surface area contributed by atoms with Crippen molar-refractivity contribution in [1.82, 2.24) is 20.1 Å². The minimum absolute atomic E-state index is 0.0321. The Labute approximate surface area is 145 Å². The lowest BCUT2D eigenvalue weighted by Crippen LogP contribution is -2.30. The maximum absolute atomic E-state index is 12.3. The quantitative estimate of drug-likeness (QED) is 0.816. The summed E-state index contributed by atoms with van der Waals surface area (Å²) in [5.41, 5.74) is 0.868. The van der Waals surface area contributed by atoms with Crippen molar-refractivity contribution in [3.05, 3.63) is 34.0 Å². The minimum atomic E-state index is -0.188. The van der Waals surface area contributed by atoms with Crippen LogP contribution in [0.25, 0.3) is 0 Å². The van der Waals surface area contributed by atoms with Crippen molar-refractivity contribution in [3.8, 4) is 0 Å². The molecule has 0 spiro atoms. The SMILES string of the molecule is CC(=O)c1cc(CC(=O)N[C@@H](C)c2nncn2C2CCCC2)cs1. The van der Waals surface area contributed by atoms with Gasteiger partial charge in [0.05, 0.1) is 17.3 Å². The van der Waals surface area contributed by atoms with Crippen molar-refractivity contribution in [3.63, 3.8) is 0 Å². The van der Waals surface area contributed by atoms with Gasteiger partial charge in [0, 0.05) is 6.04 Å². The molecule has 1 aliphatic rings. The number of nitrogens with zero attached hydrogens (tertiary/aromatic N) is 3. The van der Waals surface area contributed by atoms with Gasteiger partial charge in [-0.2, -0.15) is 0 Å². The van der Waals surface area contributed by atoms with Gasteiger partial charge in [-0.25, -0.2) is 0 Å². The largest absolute Gasteiger partial charge is 0.346 e. The fourth-order valence-corrected chi connectivity index (χ4v) is 4.04. The van der Waals surface area contributed by atoms with Gasteiger partial charge in [-0.05, 0) is 43.7 Å². The van der Waals surface area contributed by atoms with E-state index in [2.05, 4.69) is 20.1 Å². The highest BCUT2D eigenvalue weighted by Gasteiger charge is 2.23. The molecular weight excluding hydrogens is 324 g/mol. The van der Waals surface area contributed by atoms with Crippen molar-refractivity contribution >= 4 is 23.0 Å². The zero-order valence-corrected chi connectivity index (χ0v) is 14.8. The van der Waals surface area contributed by atoms with E-state index in [0.717, 1.165) is 24.2 Å². The number of hydrogen-bond donors (Lipinski definition) is 1. The van der Waals surface area contributed by atoms with Gasteiger partial charge >= 0.3 is 0 Å². The second-order valence-electron chi connectivity index (χ2n) is 6.38. The molecule has 6 nitrogen and oxygen atoms in total. The van der Waals surface area contributed by atoms with Gasteiger partial charge in [0.2, 0.25) is 5.91 Å². The molecular formula is C17H22N4O2S. The fraction of sp³-hybridized carbons (Fsp3) is 0.529. The average Bonchev–Trinajstić information content (AvgIpc) is 3.27. The number of ketones is 1. The molecule has 1 aliphatic carbocycles. The predicted molar refractivity (Wildman–Crippen MR) is 92.1 cm³/mol. The second kappa shape index (κ2) is 7.25. The van der Waals surface area contributed by atoms with Crippen LogP contribution < -0.4 is 5.32 Å². The molecule has 24 heavy (non-hydrogen) atoms. The Morgan fingerprint density at radius 2 is 2.17 bits per heavy atom. The number of thiophene rings is 1. The Morgan fingerprint density at radius 3 is 2.83 bits per heavy atom. The summed E-state index contributed by atoms with van der Waals surface area (Å²) in [6.45, 7) is 3.47. The second-order valence-corrected chi connectivity index (χ2v) is 7.29. The van der Waals surface area contributed by atoms with Gasteiger partial charge in [0.1, 0.15) is 6.33 Å². The summed E-state index contributed by atoms with van der Waals surface area (Å²) in [7, 11) is 0. The molecule has 7 heteroatoms. The third-order valence-electron chi connectivity index (χ3n) is 4.45. The van der Waals surface area contributed by atoms with Gasteiger partial charge in [-0.1, -0.05) is 12.8 Å². The molecule has 0 unspecified atom stereocenters. The van der Waals surface area contributed by atoms with Crippen LogP contribution in [-0.2, 0) is 11.2 Å². The lowest BCUT2D eigenvalue weighted by atomic mass is 10.2. The standard InChI is InChI=1S/C17H22N4O2S/c1-11(17-20-18-10-21(17)14-5-3-4-6-14)19-16(23)8-13-7-15(12(2)22)24-9-13/h7,9-11,14H,3-6,8H2,1-2H3,(H,19,23)/t11-/m0/s1. The average molecular weight is 346 g/mol. The molecule has 3 rings (SSSR count).